The summed E-state index contributed by atoms with van der Waals surface area (Å²) in [5.41, 5.74) is 3.78. The van der Waals surface area contributed by atoms with Crippen molar-refractivity contribution in [2.75, 3.05) is 25.5 Å². The molecule has 110 valence electrons. The summed E-state index contributed by atoms with van der Waals surface area (Å²) in [6.45, 7) is 4.18. The first-order chi connectivity index (χ1) is 9.67. The zero-order valence-electron chi connectivity index (χ0n) is 13.0. The van der Waals surface area contributed by atoms with E-state index >= 15 is 0 Å². The second-order valence-corrected chi connectivity index (χ2v) is 6.80. The van der Waals surface area contributed by atoms with Crippen LogP contribution in [0, 0.1) is 24.7 Å². The van der Waals surface area contributed by atoms with E-state index < -0.39 is 0 Å². The van der Waals surface area contributed by atoms with Gasteiger partial charge in [0.1, 0.15) is 0 Å². The van der Waals surface area contributed by atoms with Gasteiger partial charge in [-0.15, -0.1) is 0 Å². The molecule has 2 bridgehead atoms. The van der Waals surface area contributed by atoms with E-state index in [1.54, 1.807) is 0 Å². The minimum atomic E-state index is 0.893. The monoisotopic (exact) mass is 273 g/mol. The Morgan fingerprint density at radius 1 is 1.35 bits per heavy atom. The average Bonchev–Trinajstić information content (AvgIpc) is 3.03. The van der Waals surface area contributed by atoms with E-state index in [-0.39, 0.29) is 0 Å². The van der Waals surface area contributed by atoms with Crippen LogP contribution in [0.3, 0.4) is 0 Å². The molecule has 1 heterocycles. The molecule has 2 aliphatic carbocycles. The molecule has 1 N–H and O–H groups in total. The van der Waals surface area contributed by atoms with Gasteiger partial charge in [0.2, 0.25) is 0 Å². The SMILES string of the molecule is CNCc1cnc(C)cc1N(C)CC1CC2CCC1C2. The van der Waals surface area contributed by atoms with Crippen LogP contribution in [0.5, 0.6) is 0 Å². The summed E-state index contributed by atoms with van der Waals surface area (Å²) in [4.78, 5) is 6.91. The molecule has 0 aliphatic heterocycles. The fourth-order valence-corrected chi connectivity index (χ4v) is 4.31. The van der Waals surface area contributed by atoms with Crippen molar-refractivity contribution in [1.29, 1.82) is 0 Å². The normalized spacial score (nSPS) is 28.1. The van der Waals surface area contributed by atoms with Gasteiger partial charge in [-0.1, -0.05) is 6.42 Å². The van der Waals surface area contributed by atoms with Gasteiger partial charge >= 0.3 is 0 Å². The molecule has 0 saturated heterocycles. The zero-order chi connectivity index (χ0) is 14.1. The largest absolute Gasteiger partial charge is 0.374 e. The summed E-state index contributed by atoms with van der Waals surface area (Å²) in [5.74, 6) is 2.95. The molecule has 3 atom stereocenters. The Bertz CT molecular complexity index is 471. The van der Waals surface area contributed by atoms with Crippen molar-refractivity contribution >= 4 is 5.69 Å². The van der Waals surface area contributed by atoms with E-state index in [9.17, 15) is 0 Å². The minimum Gasteiger partial charge on any atom is -0.374 e. The summed E-state index contributed by atoms with van der Waals surface area (Å²) in [6.07, 6.45) is 7.95. The van der Waals surface area contributed by atoms with Crippen LogP contribution < -0.4 is 10.2 Å². The van der Waals surface area contributed by atoms with Crippen molar-refractivity contribution in [3.05, 3.63) is 23.5 Å². The standard InChI is InChI=1S/C17H27N3/c1-12-6-17(16(9-18-2)10-19-12)20(3)11-15-8-13-4-5-14(15)7-13/h6,10,13-15,18H,4-5,7-9,11H2,1-3H3. The quantitative estimate of drug-likeness (QED) is 0.894. The van der Waals surface area contributed by atoms with Gasteiger partial charge in [-0.2, -0.15) is 0 Å². The number of anilines is 1. The molecule has 3 nitrogen and oxygen atoms in total. The van der Waals surface area contributed by atoms with Crippen LogP contribution in [-0.4, -0.2) is 25.6 Å². The number of hydrogen-bond donors (Lipinski definition) is 1. The summed E-state index contributed by atoms with van der Waals surface area (Å²) in [7, 11) is 4.25. The van der Waals surface area contributed by atoms with Crippen molar-refractivity contribution in [3.8, 4) is 0 Å². The molecule has 2 saturated carbocycles. The lowest BCUT2D eigenvalue weighted by Crippen LogP contribution is -2.29. The summed E-state index contributed by atoms with van der Waals surface area (Å²) < 4.78 is 0. The maximum Gasteiger partial charge on any atom is 0.0443 e. The fourth-order valence-electron chi connectivity index (χ4n) is 4.31. The molecule has 3 heteroatoms. The Balaban J connectivity index is 1.72. The zero-order valence-corrected chi connectivity index (χ0v) is 13.0. The van der Waals surface area contributed by atoms with Crippen molar-refractivity contribution in [1.82, 2.24) is 10.3 Å². The predicted molar refractivity (Wildman–Crippen MR) is 83.9 cm³/mol. The number of aromatic nitrogens is 1. The fraction of sp³-hybridized carbons (Fsp3) is 0.706. The molecule has 1 aromatic rings. The highest BCUT2D eigenvalue weighted by atomic mass is 15.1. The van der Waals surface area contributed by atoms with Gasteiger partial charge in [0.15, 0.2) is 0 Å². The van der Waals surface area contributed by atoms with Crippen LogP contribution >= 0.6 is 0 Å². The Morgan fingerprint density at radius 3 is 2.85 bits per heavy atom. The highest BCUT2D eigenvalue weighted by molar-refractivity contribution is 5.53. The molecule has 0 aromatic carbocycles. The van der Waals surface area contributed by atoms with Crippen LogP contribution in [0.15, 0.2) is 12.3 Å². The summed E-state index contributed by atoms with van der Waals surface area (Å²) in [6, 6.07) is 2.24. The van der Waals surface area contributed by atoms with Crippen LogP contribution in [0.1, 0.15) is 36.9 Å². The summed E-state index contributed by atoms with van der Waals surface area (Å²) >= 11 is 0. The Labute approximate surface area is 122 Å². The smallest absolute Gasteiger partial charge is 0.0443 e. The number of nitrogens with zero attached hydrogens (tertiary/aromatic N) is 2. The van der Waals surface area contributed by atoms with E-state index in [1.807, 2.05) is 13.2 Å². The van der Waals surface area contributed by atoms with Gasteiger partial charge in [0.05, 0.1) is 0 Å². The van der Waals surface area contributed by atoms with Gasteiger partial charge in [-0.3, -0.25) is 4.98 Å². The van der Waals surface area contributed by atoms with Crippen molar-refractivity contribution in [2.24, 2.45) is 17.8 Å². The van der Waals surface area contributed by atoms with Crippen molar-refractivity contribution in [3.63, 3.8) is 0 Å². The van der Waals surface area contributed by atoms with Gasteiger partial charge in [0, 0.05) is 43.3 Å². The number of hydrogen-bond acceptors (Lipinski definition) is 3. The topological polar surface area (TPSA) is 28.2 Å². The minimum absolute atomic E-state index is 0.893. The molecule has 3 rings (SSSR count). The van der Waals surface area contributed by atoms with Gasteiger partial charge in [-0.25, -0.2) is 0 Å². The number of nitrogens with one attached hydrogen (secondary N) is 1. The Hall–Kier alpha value is -1.09. The molecular formula is C17H27N3. The maximum absolute atomic E-state index is 4.44. The van der Waals surface area contributed by atoms with E-state index in [0.717, 1.165) is 30.0 Å². The van der Waals surface area contributed by atoms with Crippen molar-refractivity contribution < 1.29 is 0 Å². The summed E-state index contributed by atoms with van der Waals surface area (Å²) in [5, 5.41) is 3.25. The molecule has 0 radical (unpaired) electrons. The lowest BCUT2D eigenvalue weighted by molar-refractivity contribution is 0.337. The number of fused-ring (bicyclic) bond motifs is 2. The second-order valence-electron chi connectivity index (χ2n) is 6.80. The van der Waals surface area contributed by atoms with Crippen LogP contribution in [0.2, 0.25) is 0 Å². The van der Waals surface area contributed by atoms with Gasteiger partial charge < -0.3 is 10.2 Å². The maximum atomic E-state index is 4.44. The molecule has 2 fully saturated rings. The molecular weight excluding hydrogens is 246 g/mol. The average molecular weight is 273 g/mol. The van der Waals surface area contributed by atoms with Gasteiger partial charge in [0.25, 0.3) is 0 Å². The molecule has 20 heavy (non-hydrogen) atoms. The first kappa shape index (κ1) is 13.9. The third-order valence-electron chi connectivity index (χ3n) is 5.27. The van der Waals surface area contributed by atoms with Crippen LogP contribution in [0.25, 0.3) is 0 Å². The molecule has 1 aromatic heterocycles. The predicted octanol–water partition coefficient (Wildman–Crippen LogP) is 2.98. The van der Waals surface area contributed by atoms with E-state index in [4.69, 9.17) is 0 Å². The lowest BCUT2D eigenvalue weighted by atomic mass is 9.88. The van der Waals surface area contributed by atoms with E-state index in [2.05, 4.69) is 35.2 Å². The third-order valence-corrected chi connectivity index (χ3v) is 5.27. The first-order valence-electron chi connectivity index (χ1n) is 7.98. The lowest BCUT2D eigenvalue weighted by Gasteiger charge is -2.30. The van der Waals surface area contributed by atoms with Crippen LogP contribution in [0.4, 0.5) is 5.69 Å². The highest BCUT2D eigenvalue weighted by Gasteiger charge is 2.39. The van der Waals surface area contributed by atoms with Crippen molar-refractivity contribution in [2.45, 2.75) is 39.2 Å². The second kappa shape index (κ2) is 5.72. The molecule has 0 spiro atoms. The van der Waals surface area contributed by atoms with Crippen LogP contribution in [-0.2, 0) is 6.54 Å². The molecule has 2 aliphatic rings. The van der Waals surface area contributed by atoms with Gasteiger partial charge in [-0.05, 0) is 57.1 Å². The number of rotatable bonds is 5. The van der Waals surface area contributed by atoms with E-state index in [1.165, 1.54) is 43.5 Å². The number of pyridine rings is 1. The Kier molecular flexibility index (Phi) is 3.97. The molecule has 3 unspecified atom stereocenters. The highest BCUT2D eigenvalue weighted by Crippen LogP contribution is 2.48. The third kappa shape index (κ3) is 2.69. The number of aryl methyl sites for hydroxylation is 1. The first-order valence-corrected chi connectivity index (χ1v) is 7.98. The molecule has 0 amide bonds. The Morgan fingerprint density at radius 2 is 2.20 bits per heavy atom. The van der Waals surface area contributed by atoms with E-state index in [0.29, 0.717) is 0 Å².